The van der Waals surface area contributed by atoms with Gasteiger partial charge >= 0.3 is 0 Å². The van der Waals surface area contributed by atoms with Gasteiger partial charge in [-0.2, -0.15) is 0 Å². The zero-order valence-electron chi connectivity index (χ0n) is 11.8. The van der Waals surface area contributed by atoms with Crippen molar-refractivity contribution in [1.82, 2.24) is 0 Å². The maximum Gasteiger partial charge on any atom is 0.269 e. The lowest BCUT2D eigenvalue weighted by atomic mass is 9.85. The van der Waals surface area contributed by atoms with E-state index >= 15 is 0 Å². The van der Waals surface area contributed by atoms with Gasteiger partial charge in [-0.3, -0.25) is 9.59 Å². The predicted molar refractivity (Wildman–Crippen MR) is 70.6 cm³/mol. The first-order valence-corrected chi connectivity index (χ1v) is 6.35. The molecule has 0 unspecified atom stereocenters. The number of ketones is 2. The highest BCUT2D eigenvalue weighted by molar-refractivity contribution is 6.21. The Labute approximate surface area is 133 Å². The molecule has 12 heteroatoms. The Balaban J connectivity index is 0.000000240. The third-order valence-corrected chi connectivity index (χ3v) is 3.41. The second-order valence-electron chi connectivity index (χ2n) is 5.00. The minimum absolute atomic E-state index is 1.27. The zero-order valence-corrected chi connectivity index (χ0v) is 11.8. The fourth-order valence-corrected chi connectivity index (χ4v) is 1.87. The summed E-state index contributed by atoms with van der Waals surface area (Å²) in [5.41, 5.74) is 0. The Bertz CT molecular complexity index is 472. The predicted octanol–water partition coefficient (Wildman–Crippen LogP) is -4.04. The Morgan fingerprint density at radius 1 is 0.417 bits per heavy atom. The van der Waals surface area contributed by atoms with Gasteiger partial charge in [0.15, 0.2) is 0 Å². The molecule has 12 nitrogen and oxygen atoms in total. The minimum atomic E-state index is -1.64. The average Bonchev–Trinajstić information content (AvgIpc) is 2.58. The van der Waals surface area contributed by atoms with Gasteiger partial charge in [0.2, 0.25) is 23.0 Å². The molecular formula is C12H16O12. The van der Waals surface area contributed by atoms with Crippen molar-refractivity contribution >= 4 is 11.6 Å². The molecule has 0 bridgehead atoms. The van der Waals surface area contributed by atoms with Crippen molar-refractivity contribution in [1.29, 1.82) is 0 Å². The summed E-state index contributed by atoms with van der Waals surface area (Å²) in [6, 6.07) is 0. The monoisotopic (exact) mass is 352 g/mol. The second-order valence-corrected chi connectivity index (χ2v) is 5.00. The standard InChI is InChI=1S/C6H12O6.C6H4O6/c2*7-1-2(8)4(10)6(12)5(11)3(1)9/h1-12H;7-8,11-12H/t1-,2-,3-,4+,5-,6-;. The van der Waals surface area contributed by atoms with E-state index < -0.39 is 71.2 Å². The van der Waals surface area contributed by atoms with Gasteiger partial charge in [0.05, 0.1) is 0 Å². The molecular weight excluding hydrogens is 336 g/mol. The molecule has 0 heterocycles. The van der Waals surface area contributed by atoms with Gasteiger partial charge in [0, 0.05) is 0 Å². The van der Waals surface area contributed by atoms with Crippen molar-refractivity contribution < 1.29 is 60.7 Å². The summed E-state index contributed by atoms with van der Waals surface area (Å²) in [6.45, 7) is 0. The summed E-state index contributed by atoms with van der Waals surface area (Å²) < 4.78 is 0. The normalized spacial score (nSPS) is 37.2. The number of carbonyl (C=O) groups is 2. The molecule has 0 amide bonds. The first-order chi connectivity index (χ1) is 10.9. The Morgan fingerprint density at radius 3 is 0.667 bits per heavy atom. The van der Waals surface area contributed by atoms with Crippen molar-refractivity contribution in [3.05, 3.63) is 23.0 Å². The van der Waals surface area contributed by atoms with Crippen molar-refractivity contribution in [3.8, 4) is 0 Å². The van der Waals surface area contributed by atoms with E-state index in [-0.39, 0.29) is 0 Å². The van der Waals surface area contributed by atoms with E-state index in [1.54, 1.807) is 0 Å². The Morgan fingerprint density at radius 2 is 0.542 bits per heavy atom. The van der Waals surface area contributed by atoms with Crippen LogP contribution < -0.4 is 0 Å². The number of carbonyl (C=O) groups excluding carboxylic acids is 2. The molecule has 0 aromatic carbocycles. The van der Waals surface area contributed by atoms with Crippen LogP contribution in [0.15, 0.2) is 23.0 Å². The van der Waals surface area contributed by atoms with E-state index in [9.17, 15) is 9.59 Å². The van der Waals surface area contributed by atoms with E-state index in [1.165, 1.54) is 0 Å². The molecule has 24 heavy (non-hydrogen) atoms. The van der Waals surface area contributed by atoms with E-state index in [2.05, 4.69) is 0 Å². The first kappa shape index (κ1) is 19.8. The summed E-state index contributed by atoms with van der Waals surface area (Å²) in [7, 11) is 0. The van der Waals surface area contributed by atoms with Crippen LogP contribution in [0.3, 0.4) is 0 Å². The summed E-state index contributed by atoms with van der Waals surface area (Å²) in [5, 5.41) is 88.5. The smallest absolute Gasteiger partial charge is 0.269 e. The van der Waals surface area contributed by atoms with Gasteiger partial charge in [-0.1, -0.05) is 0 Å². The number of aliphatic hydroxyl groups excluding tert-OH is 10. The summed E-state index contributed by atoms with van der Waals surface area (Å²) in [5.74, 6) is -7.84. The topological polar surface area (TPSA) is 236 Å². The average molecular weight is 352 g/mol. The minimum Gasteiger partial charge on any atom is -0.501 e. The second kappa shape index (κ2) is 7.12. The number of hydrogen-bond donors (Lipinski definition) is 10. The molecule has 0 aromatic rings. The summed E-state index contributed by atoms with van der Waals surface area (Å²) in [6.07, 6.45) is -9.84. The van der Waals surface area contributed by atoms with Gasteiger partial charge in [-0.15, -0.1) is 0 Å². The largest absolute Gasteiger partial charge is 0.501 e. The maximum absolute atomic E-state index is 10.6. The van der Waals surface area contributed by atoms with Gasteiger partial charge < -0.3 is 51.1 Å². The third-order valence-electron chi connectivity index (χ3n) is 3.41. The fraction of sp³-hybridized carbons (Fsp3) is 0.500. The van der Waals surface area contributed by atoms with Crippen LogP contribution in [-0.4, -0.2) is 99.3 Å². The molecule has 0 atom stereocenters. The number of hydrogen-bond acceptors (Lipinski definition) is 12. The zero-order chi connectivity index (χ0) is 18.9. The highest BCUT2D eigenvalue weighted by Gasteiger charge is 2.47. The first-order valence-electron chi connectivity index (χ1n) is 6.35. The fourth-order valence-electron chi connectivity index (χ4n) is 1.87. The molecule has 1 saturated carbocycles. The number of aliphatic hydroxyl groups is 10. The van der Waals surface area contributed by atoms with Crippen LogP contribution in [0, 0.1) is 0 Å². The van der Waals surface area contributed by atoms with Crippen LogP contribution in [0.1, 0.15) is 0 Å². The van der Waals surface area contributed by atoms with Crippen molar-refractivity contribution in [2.24, 2.45) is 0 Å². The number of rotatable bonds is 0. The molecule has 2 aliphatic rings. The lowest BCUT2D eigenvalue weighted by molar-refractivity contribution is -0.223. The van der Waals surface area contributed by atoms with E-state index in [0.29, 0.717) is 0 Å². The van der Waals surface area contributed by atoms with Crippen LogP contribution in [0.5, 0.6) is 0 Å². The molecule has 0 radical (unpaired) electrons. The Kier molecular flexibility index (Phi) is 5.89. The molecule has 0 saturated heterocycles. The molecule has 0 spiro atoms. The van der Waals surface area contributed by atoms with Crippen molar-refractivity contribution in [2.75, 3.05) is 0 Å². The summed E-state index contributed by atoms with van der Waals surface area (Å²) >= 11 is 0. The highest BCUT2D eigenvalue weighted by Crippen LogP contribution is 2.21. The molecule has 0 aliphatic heterocycles. The van der Waals surface area contributed by atoms with E-state index in [0.717, 1.165) is 0 Å². The van der Waals surface area contributed by atoms with Crippen LogP contribution in [0.4, 0.5) is 0 Å². The maximum atomic E-state index is 10.6. The van der Waals surface area contributed by atoms with Gasteiger partial charge in [-0.25, -0.2) is 0 Å². The number of Topliss-reactive ketones (excluding diaryl/α,β-unsaturated/α-hetero) is 2. The molecule has 10 N–H and O–H groups in total. The highest BCUT2D eigenvalue weighted by atomic mass is 16.4. The quantitative estimate of drug-likeness (QED) is 0.187. The molecule has 2 aliphatic carbocycles. The van der Waals surface area contributed by atoms with E-state index in [4.69, 9.17) is 51.1 Å². The van der Waals surface area contributed by atoms with Crippen molar-refractivity contribution in [2.45, 2.75) is 36.6 Å². The lowest BCUT2D eigenvalue weighted by Gasteiger charge is -2.39. The summed E-state index contributed by atoms with van der Waals surface area (Å²) in [4.78, 5) is 21.2. The molecule has 2 rings (SSSR count). The Hall–Kier alpha value is -2.22. The van der Waals surface area contributed by atoms with Crippen LogP contribution >= 0.6 is 0 Å². The van der Waals surface area contributed by atoms with Crippen LogP contribution in [0.2, 0.25) is 0 Å². The van der Waals surface area contributed by atoms with Gasteiger partial charge in [0.25, 0.3) is 11.6 Å². The van der Waals surface area contributed by atoms with Crippen LogP contribution in [-0.2, 0) is 9.59 Å². The van der Waals surface area contributed by atoms with Gasteiger partial charge in [-0.05, 0) is 0 Å². The SMILES string of the molecule is O=C1C(O)=C(O)C(=O)C(O)=C1O.O[C@H]1[C@H](O)[C@@H](O)[C@H](O)[C@@H](O)[C@H]1O. The molecule has 1 fully saturated rings. The van der Waals surface area contributed by atoms with E-state index in [1.807, 2.05) is 0 Å². The lowest BCUT2D eigenvalue weighted by Crippen LogP contribution is -2.63. The molecule has 0 aromatic heterocycles. The van der Waals surface area contributed by atoms with Crippen LogP contribution in [0.25, 0.3) is 0 Å². The molecule has 136 valence electrons. The van der Waals surface area contributed by atoms with Gasteiger partial charge in [0.1, 0.15) is 36.6 Å². The third kappa shape index (κ3) is 3.33. The van der Waals surface area contributed by atoms with Crippen molar-refractivity contribution in [3.63, 3.8) is 0 Å².